The van der Waals surface area contributed by atoms with Gasteiger partial charge >= 0.3 is 0 Å². The van der Waals surface area contributed by atoms with E-state index in [2.05, 4.69) is 15.3 Å². The summed E-state index contributed by atoms with van der Waals surface area (Å²) in [6.45, 7) is 1.93. The van der Waals surface area contributed by atoms with Crippen molar-refractivity contribution < 1.29 is 4.39 Å². The second-order valence-corrected chi connectivity index (χ2v) is 7.08. The number of hydrogen-bond donors (Lipinski definition) is 2. The van der Waals surface area contributed by atoms with Gasteiger partial charge in [-0.1, -0.05) is 24.3 Å². The zero-order valence-corrected chi connectivity index (χ0v) is 16.1. The quantitative estimate of drug-likeness (QED) is 0.464. The summed E-state index contributed by atoms with van der Waals surface area (Å²) in [4.78, 5) is 25.5. The number of anilines is 1. The summed E-state index contributed by atoms with van der Waals surface area (Å²) in [5.74, 6) is 0.0583. The summed E-state index contributed by atoms with van der Waals surface area (Å²) in [5.41, 5.74) is 3.36. The monoisotopic (exact) mass is 399 g/mol. The van der Waals surface area contributed by atoms with Crippen LogP contribution >= 0.6 is 0 Å². The van der Waals surface area contributed by atoms with Gasteiger partial charge in [0, 0.05) is 0 Å². The average Bonchev–Trinajstić information content (AvgIpc) is 3.24. The predicted molar refractivity (Wildman–Crippen MR) is 115 cm³/mol. The predicted octanol–water partition coefficient (Wildman–Crippen LogP) is 4.57. The Kier molecular flexibility index (Phi) is 4.28. The zero-order valence-electron chi connectivity index (χ0n) is 16.1. The van der Waals surface area contributed by atoms with Crippen LogP contribution in [0.1, 0.15) is 18.8 Å². The van der Waals surface area contributed by atoms with Gasteiger partial charge in [0.2, 0.25) is 0 Å². The summed E-state index contributed by atoms with van der Waals surface area (Å²) < 4.78 is 15.3. The largest absolute Gasteiger partial charge is 0.374 e. The van der Waals surface area contributed by atoms with Gasteiger partial charge in [-0.05, 0) is 49.4 Å². The van der Waals surface area contributed by atoms with E-state index in [1.54, 1.807) is 6.33 Å². The molecule has 0 amide bonds. The number of rotatable bonds is 4. The highest BCUT2D eigenvalue weighted by Gasteiger charge is 2.19. The van der Waals surface area contributed by atoms with E-state index in [9.17, 15) is 9.18 Å². The van der Waals surface area contributed by atoms with Gasteiger partial charge in [-0.3, -0.25) is 9.36 Å². The van der Waals surface area contributed by atoms with Crippen LogP contribution in [0.4, 0.5) is 10.1 Å². The Labute approximate surface area is 171 Å². The van der Waals surface area contributed by atoms with Crippen LogP contribution in [0.25, 0.3) is 27.6 Å². The van der Waals surface area contributed by atoms with E-state index < -0.39 is 5.82 Å². The van der Waals surface area contributed by atoms with E-state index >= 15 is 0 Å². The maximum absolute atomic E-state index is 13.8. The SMILES string of the molecule is C[C@H](Nc1cccc2[nH]cnc12)c1nc2ccc(F)cc2c(=O)n1-c1ccccc1. The molecule has 0 saturated heterocycles. The van der Waals surface area contributed by atoms with Gasteiger partial charge in [0.25, 0.3) is 5.56 Å². The minimum Gasteiger partial charge on any atom is -0.374 e. The number of fused-ring (bicyclic) bond motifs is 2. The van der Waals surface area contributed by atoms with Crippen molar-refractivity contribution in [2.45, 2.75) is 13.0 Å². The lowest BCUT2D eigenvalue weighted by Crippen LogP contribution is -2.27. The van der Waals surface area contributed by atoms with Crippen LogP contribution in [0.15, 0.2) is 77.9 Å². The summed E-state index contributed by atoms with van der Waals surface area (Å²) in [6, 6.07) is 18.8. The fraction of sp³-hybridized carbons (Fsp3) is 0.0870. The number of imidazole rings is 1. The number of aromatic amines is 1. The van der Waals surface area contributed by atoms with Crippen LogP contribution in [0.3, 0.4) is 0 Å². The van der Waals surface area contributed by atoms with Crippen LogP contribution in [-0.4, -0.2) is 19.5 Å². The van der Waals surface area contributed by atoms with Crippen molar-refractivity contribution >= 4 is 27.6 Å². The van der Waals surface area contributed by atoms with Crippen LogP contribution in [0.2, 0.25) is 0 Å². The van der Waals surface area contributed by atoms with Crippen molar-refractivity contribution in [2.24, 2.45) is 0 Å². The molecule has 6 nitrogen and oxygen atoms in total. The molecular formula is C23H18FN5O. The number of para-hydroxylation sites is 2. The highest BCUT2D eigenvalue weighted by Crippen LogP contribution is 2.26. The summed E-state index contributed by atoms with van der Waals surface area (Å²) >= 11 is 0. The van der Waals surface area contributed by atoms with Gasteiger partial charge in [0.05, 0.1) is 40.2 Å². The lowest BCUT2D eigenvalue weighted by Gasteiger charge is -2.20. The van der Waals surface area contributed by atoms with Gasteiger partial charge in [-0.15, -0.1) is 0 Å². The molecule has 0 fully saturated rings. The number of halogens is 1. The molecule has 0 unspecified atom stereocenters. The second-order valence-electron chi connectivity index (χ2n) is 7.08. The molecule has 2 heterocycles. The van der Waals surface area contributed by atoms with Crippen molar-refractivity contribution in [2.75, 3.05) is 5.32 Å². The van der Waals surface area contributed by atoms with Crippen molar-refractivity contribution in [1.29, 1.82) is 0 Å². The molecule has 1 atom stereocenters. The minimum atomic E-state index is -0.467. The number of hydrogen-bond acceptors (Lipinski definition) is 4. The standard InChI is InChI=1S/C23H18FN5O/c1-14(27-20-9-5-8-19-21(20)26-13-25-19)22-28-18-11-10-15(24)12-17(18)23(30)29(22)16-6-3-2-4-7-16/h2-14,27H,1H3,(H,25,26)/t14-/m0/s1. The maximum atomic E-state index is 13.8. The number of nitrogens with zero attached hydrogens (tertiary/aromatic N) is 3. The summed E-state index contributed by atoms with van der Waals surface area (Å²) in [6.07, 6.45) is 1.64. The second kappa shape index (κ2) is 7.11. The van der Waals surface area contributed by atoms with Gasteiger partial charge in [0.1, 0.15) is 17.2 Å². The van der Waals surface area contributed by atoms with Gasteiger partial charge in [0.15, 0.2) is 0 Å². The summed E-state index contributed by atoms with van der Waals surface area (Å²) in [5, 5.41) is 3.66. The number of nitrogens with one attached hydrogen (secondary N) is 2. The Hall–Kier alpha value is -4.00. The Morgan fingerprint density at radius 1 is 1.07 bits per heavy atom. The van der Waals surface area contributed by atoms with Gasteiger partial charge < -0.3 is 10.3 Å². The topological polar surface area (TPSA) is 75.6 Å². The molecule has 5 aromatic rings. The molecule has 0 saturated carbocycles. The number of aromatic nitrogens is 4. The molecule has 3 aromatic carbocycles. The van der Waals surface area contributed by atoms with Crippen molar-refractivity contribution in [3.63, 3.8) is 0 Å². The molecule has 148 valence electrons. The smallest absolute Gasteiger partial charge is 0.266 e. The van der Waals surface area contributed by atoms with E-state index in [1.165, 1.54) is 22.8 Å². The highest BCUT2D eigenvalue weighted by molar-refractivity contribution is 5.88. The third-order valence-electron chi connectivity index (χ3n) is 5.08. The molecule has 2 aromatic heterocycles. The van der Waals surface area contributed by atoms with E-state index in [1.807, 2.05) is 55.5 Å². The number of H-pyrrole nitrogens is 1. The van der Waals surface area contributed by atoms with Crippen LogP contribution in [-0.2, 0) is 0 Å². The van der Waals surface area contributed by atoms with E-state index in [4.69, 9.17) is 4.98 Å². The number of benzene rings is 3. The Morgan fingerprint density at radius 3 is 2.73 bits per heavy atom. The summed E-state index contributed by atoms with van der Waals surface area (Å²) in [7, 11) is 0. The lowest BCUT2D eigenvalue weighted by atomic mass is 10.2. The Balaban J connectivity index is 1.70. The molecule has 7 heteroatoms. The fourth-order valence-electron chi connectivity index (χ4n) is 3.67. The minimum absolute atomic E-state index is 0.240. The Bertz CT molecular complexity index is 1420. The maximum Gasteiger partial charge on any atom is 0.266 e. The normalized spacial score (nSPS) is 12.3. The first-order chi connectivity index (χ1) is 14.6. The molecule has 2 N–H and O–H groups in total. The van der Waals surface area contributed by atoms with Crippen molar-refractivity contribution in [1.82, 2.24) is 19.5 Å². The third-order valence-corrected chi connectivity index (χ3v) is 5.08. The first kappa shape index (κ1) is 18.1. The third kappa shape index (κ3) is 3.00. The van der Waals surface area contributed by atoms with Crippen LogP contribution in [0.5, 0.6) is 0 Å². The molecule has 0 aliphatic carbocycles. The Morgan fingerprint density at radius 2 is 1.90 bits per heavy atom. The van der Waals surface area contributed by atoms with E-state index in [0.29, 0.717) is 17.0 Å². The van der Waals surface area contributed by atoms with Crippen LogP contribution < -0.4 is 10.9 Å². The zero-order chi connectivity index (χ0) is 20.7. The molecule has 0 spiro atoms. The molecular weight excluding hydrogens is 381 g/mol. The molecule has 0 radical (unpaired) electrons. The molecule has 30 heavy (non-hydrogen) atoms. The average molecular weight is 399 g/mol. The first-order valence-corrected chi connectivity index (χ1v) is 9.58. The van der Waals surface area contributed by atoms with Crippen LogP contribution in [0, 0.1) is 5.82 Å². The fourth-order valence-corrected chi connectivity index (χ4v) is 3.67. The first-order valence-electron chi connectivity index (χ1n) is 9.58. The molecule has 0 aliphatic heterocycles. The molecule has 0 bridgehead atoms. The highest BCUT2D eigenvalue weighted by atomic mass is 19.1. The molecule has 0 aliphatic rings. The lowest BCUT2D eigenvalue weighted by molar-refractivity contribution is 0.629. The van der Waals surface area contributed by atoms with E-state index in [0.717, 1.165) is 16.7 Å². The van der Waals surface area contributed by atoms with Gasteiger partial charge in [-0.25, -0.2) is 14.4 Å². The van der Waals surface area contributed by atoms with E-state index in [-0.39, 0.29) is 17.0 Å². The van der Waals surface area contributed by atoms with Gasteiger partial charge in [-0.2, -0.15) is 0 Å². The van der Waals surface area contributed by atoms with Crippen molar-refractivity contribution in [3.05, 3.63) is 95.1 Å². The molecule has 5 rings (SSSR count). The van der Waals surface area contributed by atoms with Crippen molar-refractivity contribution in [3.8, 4) is 5.69 Å².